The average Bonchev–Trinajstić information content (AvgIpc) is 2.86. The van der Waals surface area contributed by atoms with Crippen molar-refractivity contribution in [3.63, 3.8) is 0 Å². The lowest BCUT2D eigenvalue weighted by atomic mass is 9.78. The Morgan fingerprint density at radius 1 is 1.35 bits per heavy atom. The molecule has 26 heavy (non-hydrogen) atoms. The van der Waals surface area contributed by atoms with E-state index in [0.717, 1.165) is 31.2 Å². The van der Waals surface area contributed by atoms with Gasteiger partial charge in [0.05, 0.1) is 17.8 Å². The molecule has 3 rings (SSSR count). The number of aromatic nitrogens is 2. The van der Waals surface area contributed by atoms with E-state index in [-0.39, 0.29) is 17.3 Å². The van der Waals surface area contributed by atoms with Crippen LogP contribution >= 0.6 is 11.6 Å². The largest absolute Gasteiger partial charge is 0.347 e. The number of hydrogen-bond acceptors (Lipinski definition) is 2. The summed E-state index contributed by atoms with van der Waals surface area (Å²) in [5.74, 6) is 0.255. The van der Waals surface area contributed by atoms with Gasteiger partial charge in [-0.1, -0.05) is 30.7 Å². The average molecular weight is 378 g/mol. The van der Waals surface area contributed by atoms with Crippen molar-refractivity contribution in [2.24, 2.45) is 5.92 Å². The zero-order valence-electron chi connectivity index (χ0n) is 15.5. The molecule has 1 N–H and O–H groups in total. The highest BCUT2D eigenvalue weighted by atomic mass is 35.5. The van der Waals surface area contributed by atoms with Crippen LogP contribution in [0.4, 0.5) is 4.39 Å². The molecular formula is C20H25ClFN3O. The monoisotopic (exact) mass is 377 g/mol. The number of halogens is 2. The summed E-state index contributed by atoms with van der Waals surface area (Å²) in [6, 6.07) is 6.18. The van der Waals surface area contributed by atoms with E-state index < -0.39 is 0 Å². The van der Waals surface area contributed by atoms with E-state index in [2.05, 4.69) is 24.3 Å². The molecule has 1 aliphatic carbocycles. The van der Waals surface area contributed by atoms with Crippen molar-refractivity contribution >= 4 is 17.5 Å². The number of benzene rings is 1. The molecule has 0 bridgehead atoms. The van der Waals surface area contributed by atoms with E-state index in [1.165, 1.54) is 12.1 Å². The lowest BCUT2D eigenvalue weighted by Gasteiger charge is -2.37. The molecule has 1 aromatic heterocycles. The van der Waals surface area contributed by atoms with E-state index in [0.29, 0.717) is 28.9 Å². The van der Waals surface area contributed by atoms with Gasteiger partial charge in [0.25, 0.3) is 5.91 Å². The Balaban J connectivity index is 1.76. The number of hydrogen-bond donors (Lipinski definition) is 1. The zero-order valence-corrected chi connectivity index (χ0v) is 16.2. The smallest absolute Gasteiger partial charge is 0.256 e. The lowest BCUT2D eigenvalue weighted by molar-refractivity contribution is 0.0869. The van der Waals surface area contributed by atoms with Crippen LogP contribution in [-0.4, -0.2) is 21.2 Å². The van der Waals surface area contributed by atoms with Gasteiger partial charge in [0.2, 0.25) is 0 Å². The molecule has 1 amide bonds. The fourth-order valence-corrected chi connectivity index (χ4v) is 3.86. The van der Waals surface area contributed by atoms with Crippen LogP contribution in [0.2, 0.25) is 5.15 Å². The SMILES string of the molecule is Cc1nn(Cc2ccc(F)cc2)c(Cl)c1C(=O)NC1(C)CCC(C)CC1. The number of nitrogens with one attached hydrogen (secondary N) is 1. The maximum atomic E-state index is 13.1. The predicted octanol–water partition coefficient (Wildman–Crippen LogP) is 4.73. The van der Waals surface area contributed by atoms with Gasteiger partial charge in [0.1, 0.15) is 11.0 Å². The van der Waals surface area contributed by atoms with E-state index in [1.807, 2.05) is 0 Å². The first kappa shape index (κ1) is 18.9. The van der Waals surface area contributed by atoms with Gasteiger partial charge in [-0.25, -0.2) is 9.07 Å². The molecule has 4 nitrogen and oxygen atoms in total. The molecule has 1 saturated carbocycles. The minimum atomic E-state index is -0.286. The highest BCUT2D eigenvalue weighted by molar-refractivity contribution is 6.33. The Hall–Kier alpha value is -1.88. The van der Waals surface area contributed by atoms with Gasteiger partial charge in [-0.05, 0) is 63.1 Å². The zero-order chi connectivity index (χ0) is 18.9. The van der Waals surface area contributed by atoms with Crippen molar-refractivity contribution in [2.75, 3.05) is 0 Å². The van der Waals surface area contributed by atoms with Crippen LogP contribution in [-0.2, 0) is 6.54 Å². The van der Waals surface area contributed by atoms with Crippen LogP contribution in [0, 0.1) is 18.7 Å². The number of carbonyl (C=O) groups is 1. The summed E-state index contributed by atoms with van der Waals surface area (Å²) in [7, 11) is 0. The molecule has 1 fully saturated rings. The molecule has 0 aliphatic heterocycles. The first-order valence-electron chi connectivity index (χ1n) is 9.07. The summed E-state index contributed by atoms with van der Waals surface area (Å²) < 4.78 is 14.6. The van der Waals surface area contributed by atoms with Crippen LogP contribution in [0.15, 0.2) is 24.3 Å². The highest BCUT2D eigenvalue weighted by Crippen LogP contribution is 2.32. The predicted molar refractivity (Wildman–Crippen MR) is 101 cm³/mol. The standard InChI is InChI=1S/C20H25ClFN3O/c1-13-8-10-20(3,11-9-13)23-19(26)17-14(2)24-25(18(17)21)12-15-4-6-16(22)7-5-15/h4-7,13H,8-12H2,1-3H3,(H,23,26). The maximum Gasteiger partial charge on any atom is 0.256 e. The second-order valence-corrected chi connectivity index (χ2v) is 8.09. The summed E-state index contributed by atoms with van der Waals surface area (Å²) in [5.41, 5.74) is 1.70. The van der Waals surface area contributed by atoms with Gasteiger partial charge in [0, 0.05) is 5.54 Å². The van der Waals surface area contributed by atoms with Crippen LogP contribution in [0.1, 0.15) is 61.1 Å². The Labute approximate surface area is 158 Å². The second-order valence-electron chi connectivity index (χ2n) is 7.73. The van der Waals surface area contributed by atoms with Gasteiger partial charge in [0.15, 0.2) is 0 Å². The summed E-state index contributed by atoms with van der Waals surface area (Å²) >= 11 is 6.46. The fraction of sp³-hybridized carbons (Fsp3) is 0.500. The summed E-state index contributed by atoms with van der Waals surface area (Å²) in [6.07, 6.45) is 4.18. The molecule has 6 heteroatoms. The quantitative estimate of drug-likeness (QED) is 0.837. The van der Waals surface area contributed by atoms with E-state index in [4.69, 9.17) is 11.6 Å². The Morgan fingerprint density at radius 2 is 1.96 bits per heavy atom. The van der Waals surface area contributed by atoms with Crippen LogP contribution in [0.25, 0.3) is 0 Å². The van der Waals surface area contributed by atoms with Crippen molar-refractivity contribution in [3.05, 3.63) is 52.1 Å². The van der Waals surface area contributed by atoms with Crippen molar-refractivity contribution in [2.45, 2.75) is 58.5 Å². The van der Waals surface area contributed by atoms with Crippen LogP contribution in [0.3, 0.4) is 0 Å². The minimum absolute atomic E-state index is 0.171. The van der Waals surface area contributed by atoms with Crippen LogP contribution in [0.5, 0.6) is 0 Å². The number of amides is 1. The molecule has 0 saturated heterocycles. The molecule has 140 valence electrons. The second kappa shape index (κ2) is 7.39. The summed E-state index contributed by atoms with van der Waals surface area (Å²) in [4.78, 5) is 12.9. The first-order valence-corrected chi connectivity index (χ1v) is 9.45. The molecule has 0 atom stereocenters. The summed E-state index contributed by atoms with van der Waals surface area (Å²) in [5, 5.41) is 7.90. The van der Waals surface area contributed by atoms with Crippen molar-refractivity contribution in [1.29, 1.82) is 0 Å². The van der Waals surface area contributed by atoms with Gasteiger partial charge in [-0.3, -0.25) is 4.79 Å². The van der Waals surface area contributed by atoms with Crippen molar-refractivity contribution < 1.29 is 9.18 Å². The van der Waals surface area contributed by atoms with E-state index in [9.17, 15) is 9.18 Å². The van der Waals surface area contributed by atoms with Crippen LogP contribution < -0.4 is 5.32 Å². The van der Waals surface area contributed by atoms with Crippen molar-refractivity contribution in [1.82, 2.24) is 15.1 Å². The molecule has 1 aliphatic rings. The molecule has 1 heterocycles. The number of aryl methyl sites for hydroxylation is 1. The minimum Gasteiger partial charge on any atom is -0.347 e. The molecule has 0 unspecified atom stereocenters. The third-order valence-electron chi connectivity index (χ3n) is 5.33. The molecule has 2 aromatic rings. The normalized spacial score (nSPS) is 23.0. The Morgan fingerprint density at radius 3 is 2.58 bits per heavy atom. The lowest BCUT2D eigenvalue weighted by Crippen LogP contribution is -2.48. The summed E-state index contributed by atoms with van der Waals surface area (Å²) in [6.45, 7) is 6.53. The molecule has 0 spiro atoms. The van der Waals surface area contributed by atoms with Gasteiger partial charge < -0.3 is 5.32 Å². The fourth-order valence-electron chi connectivity index (χ4n) is 3.54. The molecule has 1 aromatic carbocycles. The van der Waals surface area contributed by atoms with E-state index >= 15 is 0 Å². The number of carbonyl (C=O) groups excluding carboxylic acids is 1. The molecular weight excluding hydrogens is 353 g/mol. The first-order chi connectivity index (χ1) is 12.3. The third-order valence-corrected chi connectivity index (χ3v) is 5.72. The topological polar surface area (TPSA) is 46.9 Å². The molecule has 0 radical (unpaired) electrons. The van der Waals surface area contributed by atoms with Gasteiger partial charge in [-0.15, -0.1) is 0 Å². The number of nitrogens with zero attached hydrogens (tertiary/aromatic N) is 2. The number of rotatable bonds is 4. The Bertz CT molecular complexity index is 792. The third kappa shape index (κ3) is 4.09. The van der Waals surface area contributed by atoms with E-state index in [1.54, 1.807) is 23.7 Å². The Kier molecular flexibility index (Phi) is 5.37. The highest BCUT2D eigenvalue weighted by Gasteiger charge is 2.33. The van der Waals surface area contributed by atoms with Gasteiger partial charge >= 0.3 is 0 Å². The maximum absolute atomic E-state index is 13.1. The van der Waals surface area contributed by atoms with Gasteiger partial charge in [-0.2, -0.15) is 5.10 Å². The van der Waals surface area contributed by atoms with Crippen molar-refractivity contribution in [3.8, 4) is 0 Å².